The summed E-state index contributed by atoms with van der Waals surface area (Å²) in [6.07, 6.45) is -3.14. The fourth-order valence-electron chi connectivity index (χ4n) is 2.30. The van der Waals surface area contributed by atoms with Crippen LogP contribution < -0.4 is 16.5 Å². The van der Waals surface area contributed by atoms with Crippen LogP contribution in [-0.2, 0) is 4.79 Å². The molecule has 0 bridgehead atoms. The molecule has 0 aliphatic heterocycles. The number of hydroxylamine groups is 1. The van der Waals surface area contributed by atoms with Crippen LogP contribution in [0.3, 0.4) is 0 Å². The van der Waals surface area contributed by atoms with Gasteiger partial charge < -0.3 is 16.2 Å². The van der Waals surface area contributed by atoms with Gasteiger partial charge in [0.15, 0.2) is 0 Å². The van der Waals surface area contributed by atoms with E-state index in [1.807, 2.05) is 0 Å². The van der Waals surface area contributed by atoms with Crippen molar-refractivity contribution < 1.29 is 28.7 Å². The van der Waals surface area contributed by atoms with Crippen molar-refractivity contribution in [1.82, 2.24) is 10.8 Å². The lowest BCUT2D eigenvalue weighted by Gasteiger charge is -2.32. The van der Waals surface area contributed by atoms with E-state index in [-0.39, 0.29) is 11.3 Å². The molecule has 0 saturated carbocycles. The quantitative estimate of drug-likeness (QED) is 0.293. The summed E-state index contributed by atoms with van der Waals surface area (Å²) >= 11 is 0. The Balaban J connectivity index is 2.15. The van der Waals surface area contributed by atoms with Gasteiger partial charge in [-0.2, -0.15) is 0 Å². The first-order valence-corrected chi connectivity index (χ1v) is 8.38. The Morgan fingerprint density at radius 2 is 1.52 bits per heavy atom. The summed E-state index contributed by atoms with van der Waals surface area (Å²) in [5.74, 6) is 3.79. The zero-order chi connectivity index (χ0) is 21.6. The van der Waals surface area contributed by atoms with E-state index in [2.05, 4.69) is 17.2 Å². The summed E-state index contributed by atoms with van der Waals surface area (Å²) in [7, 11) is 0. The second-order valence-electron chi connectivity index (χ2n) is 6.42. The van der Waals surface area contributed by atoms with E-state index in [0.717, 1.165) is 6.92 Å². The van der Waals surface area contributed by atoms with Gasteiger partial charge in [0.25, 0.3) is 18.2 Å². The normalized spacial score (nSPS) is 13.6. The Labute approximate surface area is 165 Å². The molecular weight excluding hydrogens is 384 g/mol. The van der Waals surface area contributed by atoms with Gasteiger partial charge in [0.2, 0.25) is 0 Å². The molecule has 6 N–H and O–H groups in total. The summed E-state index contributed by atoms with van der Waals surface area (Å²) in [6.45, 7) is 0.889. The summed E-state index contributed by atoms with van der Waals surface area (Å²) < 4.78 is 26.3. The summed E-state index contributed by atoms with van der Waals surface area (Å²) in [5.41, 5.74) is 5.63. The lowest BCUT2D eigenvalue weighted by atomic mass is 9.92. The molecule has 2 aromatic carbocycles. The molecule has 0 aromatic heterocycles. The molecule has 1 unspecified atom stereocenters. The molecule has 0 saturated heterocycles. The van der Waals surface area contributed by atoms with E-state index in [0.29, 0.717) is 11.1 Å². The smallest absolute Gasteiger partial charge is 0.268 e. The highest BCUT2D eigenvalue weighted by Gasteiger charge is 2.44. The number of nitrogens with two attached hydrogens (primary N) is 1. The molecule has 2 aromatic rings. The first-order chi connectivity index (χ1) is 13.6. The highest BCUT2D eigenvalue weighted by Crippen LogP contribution is 2.18. The monoisotopic (exact) mass is 403 g/mol. The van der Waals surface area contributed by atoms with E-state index in [1.165, 1.54) is 41.9 Å². The topological polar surface area (TPSA) is 125 Å². The minimum absolute atomic E-state index is 0.0842. The molecule has 0 fully saturated rings. The van der Waals surface area contributed by atoms with Crippen molar-refractivity contribution in [1.29, 1.82) is 0 Å². The van der Waals surface area contributed by atoms with Gasteiger partial charge >= 0.3 is 0 Å². The second kappa shape index (κ2) is 9.14. The molecule has 29 heavy (non-hydrogen) atoms. The number of phenols is 1. The van der Waals surface area contributed by atoms with Gasteiger partial charge in [0.1, 0.15) is 17.3 Å². The van der Waals surface area contributed by atoms with Crippen LogP contribution >= 0.6 is 0 Å². The number of carbonyl (C=O) groups is 2. The van der Waals surface area contributed by atoms with Gasteiger partial charge in [-0.05, 0) is 55.5 Å². The minimum atomic E-state index is -3.14. The molecule has 2 rings (SSSR count). The maximum Gasteiger partial charge on any atom is 0.268 e. The Hall–Kier alpha value is -3.48. The predicted octanol–water partition coefficient (Wildman–Crippen LogP) is 1.38. The summed E-state index contributed by atoms with van der Waals surface area (Å²) in [5, 5.41) is 20.1. The number of phenolic OH excluding ortho intramolecular Hbond substituents is 1. The molecule has 2 atom stereocenters. The van der Waals surface area contributed by atoms with Crippen molar-refractivity contribution >= 4 is 11.8 Å². The number of nitrogens with one attached hydrogen (secondary N) is 2. The van der Waals surface area contributed by atoms with Crippen LogP contribution in [0.4, 0.5) is 8.78 Å². The average molecular weight is 403 g/mol. The zero-order valence-electron chi connectivity index (χ0n) is 15.3. The molecule has 152 valence electrons. The number of hydrogen-bond acceptors (Lipinski definition) is 5. The van der Waals surface area contributed by atoms with Gasteiger partial charge in [-0.1, -0.05) is 11.8 Å². The predicted molar refractivity (Wildman–Crippen MR) is 100 cm³/mol. The minimum Gasteiger partial charge on any atom is -0.508 e. The van der Waals surface area contributed by atoms with Crippen molar-refractivity contribution in [2.75, 3.05) is 0 Å². The molecule has 0 spiro atoms. The molecule has 0 aliphatic rings. The van der Waals surface area contributed by atoms with Gasteiger partial charge in [-0.15, -0.1) is 0 Å². The molecule has 0 radical (unpaired) electrons. The van der Waals surface area contributed by atoms with E-state index in [4.69, 9.17) is 10.9 Å². The Morgan fingerprint density at radius 1 is 1.03 bits per heavy atom. The number of alkyl halides is 2. The van der Waals surface area contributed by atoms with Gasteiger partial charge in [0, 0.05) is 16.7 Å². The second-order valence-corrected chi connectivity index (χ2v) is 6.42. The van der Waals surface area contributed by atoms with Crippen molar-refractivity contribution in [2.45, 2.75) is 24.9 Å². The average Bonchev–Trinajstić information content (AvgIpc) is 2.71. The van der Waals surface area contributed by atoms with Gasteiger partial charge in [-0.25, -0.2) is 14.3 Å². The third kappa shape index (κ3) is 5.51. The third-order valence-electron chi connectivity index (χ3n) is 4.11. The van der Waals surface area contributed by atoms with Crippen LogP contribution in [0.1, 0.15) is 28.4 Å². The largest absolute Gasteiger partial charge is 0.508 e. The number of carbonyl (C=O) groups excluding carboxylic acids is 2. The summed E-state index contributed by atoms with van der Waals surface area (Å²) in [6, 6.07) is 10.3. The highest BCUT2D eigenvalue weighted by molar-refractivity contribution is 5.98. The molecule has 9 heteroatoms. The number of rotatable bonds is 5. The fraction of sp³-hybridized carbons (Fsp3) is 0.200. The summed E-state index contributed by atoms with van der Waals surface area (Å²) in [4.78, 5) is 24.0. The Morgan fingerprint density at radius 3 is 1.97 bits per heavy atom. The van der Waals surface area contributed by atoms with Gasteiger partial charge in [0.05, 0.1) is 0 Å². The van der Waals surface area contributed by atoms with Crippen molar-refractivity contribution in [2.24, 2.45) is 5.73 Å². The molecular formula is C20H19F2N3O4. The number of aromatic hydroxyl groups is 1. The lowest BCUT2D eigenvalue weighted by Crippen LogP contribution is -2.66. The Bertz CT molecular complexity index is 933. The first kappa shape index (κ1) is 21.8. The fourth-order valence-corrected chi connectivity index (χ4v) is 2.30. The van der Waals surface area contributed by atoms with Crippen molar-refractivity contribution in [3.05, 3.63) is 65.2 Å². The number of amides is 2. The molecule has 7 nitrogen and oxygen atoms in total. The van der Waals surface area contributed by atoms with E-state index in [9.17, 15) is 23.5 Å². The van der Waals surface area contributed by atoms with Crippen molar-refractivity contribution in [3.63, 3.8) is 0 Å². The zero-order valence-corrected chi connectivity index (χ0v) is 15.3. The number of benzene rings is 2. The van der Waals surface area contributed by atoms with Crippen molar-refractivity contribution in [3.8, 4) is 17.6 Å². The maximum atomic E-state index is 13.1. The first-order valence-electron chi connectivity index (χ1n) is 8.38. The van der Waals surface area contributed by atoms with E-state index in [1.54, 1.807) is 12.1 Å². The van der Waals surface area contributed by atoms with Crippen LogP contribution in [0.5, 0.6) is 5.75 Å². The molecule has 2 amide bonds. The van der Waals surface area contributed by atoms with E-state index >= 15 is 0 Å². The number of halogens is 2. The third-order valence-corrected chi connectivity index (χ3v) is 4.11. The van der Waals surface area contributed by atoms with Crippen LogP contribution in [0, 0.1) is 11.8 Å². The lowest BCUT2D eigenvalue weighted by molar-refractivity contribution is -0.134. The maximum absolute atomic E-state index is 13.1. The van der Waals surface area contributed by atoms with Crippen LogP contribution in [-0.4, -0.2) is 40.1 Å². The molecule has 0 aliphatic carbocycles. The number of hydrogen-bond donors (Lipinski definition) is 5. The van der Waals surface area contributed by atoms with Crippen LogP contribution in [0.2, 0.25) is 0 Å². The SMILES string of the molecule is CC(N)(C(F)F)[C@H](NC(=O)c1ccc(C#Cc2ccc(O)cc2)cc1)C(=O)NO. The highest BCUT2D eigenvalue weighted by atomic mass is 19.3. The van der Waals surface area contributed by atoms with Gasteiger partial charge in [-0.3, -0.25) is 14.8 Å². The van der Waals surface area contributed by atoms with Crippen LogP contribution in [0.15, 0.2) is 48.5 Å². The van der Waals surface area contributed by atoms with Crippen LogP contribution in [0.25, 0.3) is 0 Å². The standard InChI is InChI=1S/C20H19F2N3O4/c1-20(23,19(21)22)16(18(28)25-29)24-17(27)14-8-4-12(5-9-14)2-3-13-6-10-15(26)11-7-13/h4-11,16,19,26,29H,23H2,1H3,(H,24,27)(H,25,28)/t16-,20?/m1/s1. The van der Waals surface area contributed by atoms with E-state index < -0.39 is 29.8 Å². The molecule has 0 heterocycles. The Kier molecular flexibility index (Phi) is 6.88.